The number of piperidine rings is 1. The highest BCUT2D eigenvalue weighted by molar-refractivity contribution is 5.20. The summed E-state index contributed by atoms with van der Waals surface area (Å²) >= 11 is 0. The van der Waals surface area contributed by atoms with Crippen LogP contribution in [0.15, 0.2) is 0 Å². The quantitative estimate of drug-likeness (QED) is 0.730. The van der Waals surface area contributed by atoms with Crippen LogP contribution in [0.5, 0.6) is 0 Å². The molecule has 0 aromatic heterocycles. The molecule has 0 bridgehead atoms. The second-order valence-corrected chi connectivity index (χ2v) is 6.80. The third-order valence-corrected chi connectivity index (χ3v) is 5.47. The summed E-state index contributed by atoms with van der Waals surface area (Å²) in [6, 6.07) is 0.523. The fraction of sp³-hybridized carbons (Fsp3) is 0.882. The van der Waals surface area contributed by atoms with Crippen molar-refractivity contribution in [2.45, 2.75) is 43.7 Å². The Morgan fingerprint density at radius 2 is 1.95 bits per heavy atom. The van der Waals surface area contributed by atoms with E-state index in [9.17, 15) is 5.11 Å². The highest BCUT2D eigenvalue weighted by Gasteiger charge is 2.46. The topological polar surface area (TPSA) is 35.9 Å². The van der Waals surface area contributed by atoms with Crippen molar-refractivity contribution in [3.05, 3.63) is 0 Å². The van der Waals surface area contributed by atoms with Crippen LogP contribution >= 0.6 is 0 Å². The Balaban J connectivity index is 1.64. The Labute approximate surface area is 128 Å². The van der Waals surface area contributed by atoms with Crippen molar-refractivity contribution in [2.75, 3.05) is 46.4 Å². The van der Waals surface area contributed by atoms with E-state index in [-0.39, 0.29) is 0 Å². The summed E-state index contributed by atoms with van der Waals surface area (Å²) in [7, 11) is 2.20. The van der Waals surface area contributed by atoms with Gasteiger partial charge in [0.15, 0.2) is 0 Å². The molecule has 0 unspecified atom stereocenters. The molecule has 1 N–H and O–H groups in total. The highest BCUT2D eigenvalue weighted by Crippen LogP contribution is 2.40. The molecule has 2 aliphatic heterocycles. The van der Waals surface area contributed by atoms with Gasteiger partial charge in [-0.25, -0.2) is 0 Å². The van der Waals surface area contributed by atoms with Crippen LogP contribution in [0.4, 0.5) is 0 Å². The fourth-order valence-corrected chi connectivity index (χ4v) is 4.11. The second kappa shape index (κ2) is 6.66. The number of aliphatic hydroxyl groups is 1. The van der Waals surface area contributed by atoms with Crippen LogP contribution in [-0.4, -0.2) is 73.0 Å². The zero-order valence-corrected chi connectivity index (χ0v) is 13.2. The third-order valence-electron chi connectivity index (χ3n) is 5.47. The van der Waals surface area contributed by atoms with E-state index in [4.69, 9.17) is 4.74 Å². The van der Waals surface area contributed by atoms with Gasteiger partial charge in [-0.1, -0.05) is 24.7 Å². The first-order valence-electron chi connectivity index (χ1n) is 8.42. The number of nitrogens with zero attached hydrogens (tertiary/aromatic N) is 2. The molecule has 21 heavy (non-hydrogen) atoms. The maximum Gasteiger partial charge on any atom is 0.131 e. The molecule has 3 fully saturated rings. The molecule has 2 saturated heterocycles. The van der Waals surface area contributed by atoms with Crippen molar-refractivity contribution < 1.29 is 9.84 Å². The first-order chi connectivity index (χ1) is 10.2. The molecular weight excluding hydrogens is 264 g/mol. The van der Waals surface area contributed by atoms with Crippen molar-refractivity contribution in [1.82, 2.24) is 9.80 Å². The molecule has 0 amide bonds. The molecule has 0 radical (unpaired) electrons. The van der Waals surface area contributed by atoms with E-state index >= 15 is 0 Å². The van der Waals surface area contributed by atoms with E-state index in [0.717, 1.165) is 52.2 Å². The van der Waals surface area contributed by atoms with Crippen molar-refractivity contribution in [3.8, 4) is 11.8 Å². The Morgan fingerprint density at radius 3 is 2.76 bits per heavy atom. The Hall–Kier alpha value is -0.600. The zero-order valence-electron chi connectivity index (χ0n) is 13.2. The van der Waals surface area contributed by atoms with Crippen LogP contribution in [0, 0.1) is 17.8 Å². The Bertz CT molecular complexity index is 411. The predicted molar refractivity (Wildman–Crippen MR) is 83.0 cm³/mol. The average molecular weight is 292 g/mol. The number of hydrogen-bond donors (Lipinski definition) is 1. The van der Waals surface area contributed by atoms with Gasteiger partial charge in [-0.05, 0) is 19.9 Å². The molecule has 3 aliphatic rings. The van der Waals surface area contributed by atoms with Gasteiger partial charge in [-0.15, -0.1) is 0 Å². The van der Waals surface area contributed by atoms with Crippen LogP contribution in [0.1, 0.15) is 32.1 Å². The molecule has 118 valence electrons. The number of likely N-dealkylation sites (tertiary alicyclic amines) is 1. The number of hydrogen-bond acceptors (Lipinski definition) is 4. The minimum absolute atomic E-state index is 0.335. The van der Waals surface area contributed by atoms with E-state index in [1.165, 1.54) is 19.3 Å². The molecule has 1 saturated carbocycles. The molecular formula is C17H28N2O2. The minimum atomic E-state index is -0.760. The number of ether oxygens (including phenoxy) is 1. The first-order valence-corrected chi connectivity index (χ1v) is 8.42. The molecule has 0 aromatic rings. The van der Waals surface area contributed by atoms with Gasteiger partial charge in [0.25, 0.3) is 0 Å². The molecule has 3 rings (SSSR count). The highest BCUT2D eigenvalue weighted by atomic mass is 16.5. The van der Waals surface area contributed by atoms with Gasteiger partial charge in [-0.3, -0.25) is 4.90 Å². The van der Waals surface area contributed by atoms with Gasteiger partial charge in [0, 0.05) is 38.0 Å². The van der Waals surface area contributed by atoms with Crippen LogP contribution in [0.2, 0.25) is 0 Å². The van der Waals surface area contributed by atoms with Gasteiger partial charge in [-0.2, -0.15) is 0 Å². The SMILES string of the molecule is CN1CC[C@](O)(C#CCN2CCOCC2)[C@H]2CCCC[C@@H]21. The summed E-state index contributed by atoms with van der Waals surface area (Å²) in [5, 5.41) is 11.1. The van der Waals surface area contributed by atoms with Crippen molar-refractivity contribution in [2.24, 2.45) is 5.92 Å². The Morgan fingerprint density at radius 1 is 1.19 bits per heavy atom. The molecule has 4 nitrogen and oxygen atoms in total. The van der Waals surface area contributed by atoms with Gasteiger partial charge in [0.2, 0.25) is 0 Å². The Kier molecular flexibility index (Phi) is 4.85. The van der Waals surface area contributed by atoms with Crippen LogP contribution in [-0.2, 0) is 4.74 Å². The molecule has 4 heteroatoms. The van der Waals surface area contributed by atoms with E-state index in [0.29, 0.717) is 12.0 Å². The molecule has 3 atom stereocenters. The normalized spacial score (nSPS) is 38.4. The first kappa shape index (κ1) is 15.3. The zero-order chi connectivity index (χ0) is 14.7. The summed E-state index contributed by atoms with van der Waals surface area (Å²) < 4.78 is 5.35. The predicted octanol–water partition coefficient (Wildman–Crippen LogP) is 0.947. The van der Waals surface area contributed by atoms with E-state index < -0.39 is 5.60 Å². The lowest BCUT2D eigenvalue weighted by molar-refractivity contribution is -0.0701. The molecule has 1 aliphatic carbocycles. The number of morpholine rings is 1. The monoisotopic (exact) mass is 292 g/mol. The standard InChI is InChI=1S/C17H28N2O2/c1-18-10-8-17(20,15-5-2-3-6-16(15)18)7-4-9-19-11-13-21-14-12-19/h15-16,20H,2-3,5-6,8-14H2,1H3/t15-,16-,17+/m0/s1. The lowest BCUT2D eigenvalue weighted by atomic mass is 9.69. The summed E-state index contributed by atoms with van der Waals surface area (Å²) in [4.78, 5) is 4.75. The lowest BCUT2D eigenvalue weighted by Crippen LogP contribution is -2.57. The van der Waals surface area contributed by atoms with Crippen molar-refractivity contribution >= 4 is 0 Å². The summed E-state index contributed by atoms with van der Waals surface area (Å²) in [6.07, 6.45) is 5.67. The van der Waals surface area contributed by atoms with Gasteiger partial charge >= 0.3 is 0 Å². The van der Waals surface area contributed by atoms with Gasteiger partial charge < -0.3 is 14.7 Å². The fourth-order valence-electron chi connectivity index (χ4n) is 4.11. The summed E-state index contributed by atoms with van der Waals surface area (Å²) in [5.74, 6) is 6.86. The lowest BCUT2D eigenvalue weighted by Gasteiger charge is -2.49. The molecule has 0 spiro atoms. The van der Waals surface area contributed by atoms with Crippen LogP contribution in [0.25, 0.3) is 0 Å². The van der Waals surface area contributed by atoms with Crippen LogP contribution < -0.4 is 0 Å². The minimum Gasteiger partial charge on any atom is -0.379 e. The third kappa shape index (κ3) is 3.43. The molecule has 0 aromatic carbocycles. The number of fused-ring (bicyclic) bond motifs is 1. The van der Waals surface area contributed by atoms with Crippen LogP contribution in [0.3, 0.4) is 0 Å². The van der Waals surface area contributed by atoms with Gasteiger partial charge in [0.05, 0.1) is 19.8 Å². The molecule has 2 heterocycles. The average Bonchev–Trinajstić information content (AvgIpc) is 2.53. The second-order valence-electron chi connectivity index (χ2n) is 6.80. The summed E-state index contributed by atoms with van der Waals surface area (Å²) in [6.45, 7) is 5.26. The number of rotatable bonds is 1. The largest absolute Gasteiger partial charge is 0.379 e. The van der Waals surface area contributed by atoms with E-state index in [1.807, 2.05) is 0 Å². The smallest absolute Gasteiger partial charge is 0.131 e. The van der Waals surface area contributed by atoms with Crippen molar-refractivity contribution in [1.29, 1.82) is 0 Å². The summed E-state index contributed by atoms with van der Waals surface area (Å²) in [5.41, 5.74) is -0.760. The van der Waals surface area contributed by atoms with E-state index in [1.54, 1.807) is 0 Å². The maximum absolute atomic E-state index is 11.1. The maximum atomic E-state index is 11.1. The van der Waals surface area contributed by atoms with Gasteiger partial charge in [0.1, 0.15) is 5.60 Å². The van der Waals surface area contributed by atoms with Crippen molar-refractivity contribution in [3.63, 3.8) is 0 Å². The van der Waals surface area contributed by atoms with E-state index in [2.05, 4.69) is 28.7 Å².